The Morgan fingerprint density at radius 1 is 1.32 bits per heavy atom. The van der Waals surface area contributed by atoms with E-state index in [0.717, 1.165) is 5.56 Å². The monoisotopic (exact) mass is 399 g/mol. The van der Waals surface area contributed by atoms with Crippen molar-refractivity contribution in [2.24, 2.45) is 4.99 Å². The fourth-order valence-electron chi connectivity index (χ4n) is 3.16. The van der Waals surface area contributed by atoms with Crippen LogP contribution in [-0.4, -0.2) is 74.2 Å². The number of nitrogens with one attached hydrogen (secondary N) is 2. The molecule has 0 radical (unpaired) electrons. The summed E-state index contributed by atoms with van der Waals surface area (Å²) in [7, 11) is 3.36. The lowest BCUT2D eigenvalue weighted by Crippen LogP contribution is -2.46. The van der Waals surface area contributed by atoms with Crippen molar-refractivity contribution in [3.63, 3.8) is 0 Å². The molecule has 1 aromatic rings. The second-order valence-electron chi connectivity index (χ2n) is 6.96. The summed E-state index contributed by atoms with van der Waals surface area (Å²) in [5, 5.41) is 6.19. The van der Waals surface area contributed by atoms with Crippen molar-refractivity contribution < 1.29 is 18.0 Å². The van der Waals surface area contributed by atoms with Crippen LogP contribution in [0.2, 0.25) is 0 Å². The Morgan fingerprint density at radius 2 is 2.04 bits per heavy atom. The lowest BCUT2D eigenvalue weighted by molar-refractivity contribution is -0.143. The Kier molecular flexibility index (Phi) is 8.10. The standard InChI is InChI=1S/C19H28F3N5O/c1-23-18(25-16-9-11-27(13-16)14-19(20,21)22)24-10-8-17(28)26(2)12-15-6-4-3-5-7-15/h3-7,16H,8-14H2,1-2H3,(H2,23,24,25). The third-order valence-electron chi connectivity index (χ3n) is 4.56. The van der Waals surface area contributed by atoms with Crippen LogP contribution in [-0.2, 0) is 11.3 Å². The lowest BCUT2D eigenvalue weighted by Gasteiger charge is -2.20. The number of amides is 1. The number of carbonyl (C=O) groups excluding carboxylic acids is 1. The first kappa shape index (κ1) is 22.0. The summed E-state index contributed by atoms with van der Waals surface area (Å²) in [5.74, 6) is 0.501. The van der Waals surface area contributed by atoms with Crippen molar-refractivity contribution in [3.8, 4) is 0 Å². The molecule has 1 aromatic carbocycles. The summed E-state index contributed by atoms with van der Waals surface area (Å²) >= 11 is 0. The highest BCUT2D eigenvalue weighted by atomic mass is 19.4. The largest absolute Gasteiger partial charge is 0.401 e. The molecule has 0 saturated carbocycles. The fourth-order valence-corrected chi connectivity index (χ4v) is 3.16. The van der Waals surface area contributed by atoms with E-state index in [2.05, 4.69) is 15.6 Å². The van der Waals surface area contributed by atoms with Crippen molar-refractivity contribution in [1.29, 1.82) is 0 Å². The van der Waals surface area contributed by atoms with Crippen LogP contribution in [0.1, 0.15) is 18.4 Å². The molecule has 0 spiro atoms. The Balaban J connectivity index is 1.69. The summed E-state index contributed by atoms with van der Waals surface area (Å²) in [6, 6.07) is 9.65. The SMILES string of the molecule is CN=C(NCCC(=O)N(C)Cc1ccccc1)NC1CCN(CC(F)(F)F)C1. The van der Waals surface area contributed by atoms with Crippen LogP contribution in [0.5, 0.6) is 0 Å². The minimum absolute atomic E-state index is 0.00373. The molecule has 1 heterocycles. The summed E-state index contributed by atoms with van der Waals surface area (Å²) in [6.07, 6.45) is -3.26. The maximum absolute atomic E-state index is 12.5. The van der Waals surface area contributed by atoms with E-state index in [0.29, 0.717) is 45.0 Å². The van der Waals surface area contributed by atoms with E-state index >= 15 is 0 Å². The van der Waals surface area contributed by atoms with Gasteiger partial charge in [0.2, 0.25) is 5.91 Å². The molecule has 1 unspecified atom stereocenters. The van der Waals surface area contributed by atoms with Gasteiger partial charge in [0.15, 0.2) is 5.96 Å². The molecular weight excluding hydrogens is 371 g/mol. The molecule has 1 fully saturated rings. The molecule has 156 valence electrons. The number of rotatable bonds is 7. The number of guanidine groups is 1. The number of likely N-dealkylation sites (tertiary alicyclic amines) is 1. The highest BCUT2D eigenvalue weighted by molar-refractivity contribution is 5.81. The van der Waals surface area contributed by atoms with Gasteiger partial charge in [0, 0.05) is 52.7 Å². The van der Waals surface area contributed by atoms with Crippen LogP contribution in [0.4, 0.5) is 13.2 Å². The van der Waals surface area contributed by atoms with Gasteiger partial charge in [-0.3, -0.25) is 14.7 Å². The molecule has 9 heteroatoms. The second kappa shape index (κ2) is 10.3. The molecule has 2 N–H and O–H groups in total. The van der Waals surface area contributed by atoms with Crippen molar-refractivity contribution in [2.75, 3.05) is 40.3 Å². The van der Waals surface area contributed by atoms with Gasteiger partial charge in [0.1, 0.15) is 0 Å². The van der Waals surface area contributed by atoms with Gasteiger partial charge in [-0.2, -0.15) is 13.2 Å². The smallest absolute Gasteiger partial charge is 0.356 e. The zero-order chi connectivity index (χ0) is 20.6. The molecule has 0 aromatic heterocycles. The average Bonchev–Trinajstić information content (AvgIpc) is 3.06. The minimum Gasteiger partial charge on any atom is -0.356 e. The topological polar surface area (TPSA) is 60.0 Å². The van der Waals surface area contributed by atoms with Crippen molar-refractivity contribution in [2.45, 2.75) is 31.6 Å². The lowest BCUT2D eigenvalue weighted by atomic mass is 10.2. The van der Waals surface area contributed by atoms with Crippen LogP contribution < -0.4 is 10.6 Å². The molecule has 1 aliphatic heterocycles. The molecule has 2 rings (SSSR count). The van der Waals surface area contributed by atoms with Crippen LogP contribution in [0.3, 0.4) is 0 Å². The molecule has 1 aliphatic rings. The number of benzene rings is 1. The van der Waals surface area contributed by atoms with E-state index < -0.39 is 12.7 Å². The van der Waals surface area contributed by atoms with Gasteiger partial charge in [-0.25, -0.2) is 0 Å². The number of carbonyl (C=O) groups is 1. The second-order valence-corrected chi connectivity index (χ2v) is 6.96. The van der Waals surface area contributed by atoms with Gasteiger partial charge < -0.3 is 15.5 Å². The first-order valence-corrected chi connectivity index (χ1v) is 9.31. The summed E-state index contributed by atoms with van der Waals surface area (Å²) in [5.41, 5.74) is 1.06. The van der Waals surface area contributed by atoms with E-state index in [-0.39, 0.29) is 11.9 Å². The van der Waals surface area contributed by atoms with Gasteiger partial charge in [0.25, 0.3) is 0 Å². The Morgan fingerprint density at radius 3 is 2.68 bits per heavy atom. The Labute approximate surface area is 163 Å². The summed E-state index contributed by atoms with van der Waals surface area (Å²) in [6.45, 7) is 0.774. The van der Waals surface area contributed by atoms with E-state index in [1.165, 1.54) is 4.90 Å². The summed E-state index contributed by atoms with van der Waals surface area (Å²) in [4.78, 5) is 19.4. The normalized spacial score (nSPS) is 18.2. The van der Waals surface area contributed by atoms with Crippen molar-refractivity contribution in [1.82, 2.24) is 20.4 Å². The number of halogens is 3. The highest BCUT2D eigenvalue weighted by Gasteiger charge is 2.34. The molecule has 28 heavy (non-hydrogen) atoms. The first-order chi connectivity index (χ1) is 13.3. The molecule has 6 nitrogen and oxygen atoms in total. The van der Waals surface area contributed by atoms with E-state index in [1.54, 1.807) is 19.0 Å². The quantitative estimate of drug-likeness (QED) is 0.543. The third-order valence-corrected chi connectivity index (χ3v) is 4.56. The van der Waals surface area contributed by atoms with Crippen LogP contribution in [0.15, 0.2) is 35.3 Å². The maximum Gasteiger partial charge on any atom is 0.401 e. The van der Waals surface area contributed by atoms with Gasteiger partial charge in [-0.1, -0.05) is 30.3 Å². The van der Waals surface area contributed by atoms with Gasteiger partial charge in [-0.15, -0.1) is 0 Å². The Bertz CT molecular complexity index is 651. The Hall–Kier alpha value is -2.29. The van der Waals surface area contributed by atoms with E-state index in [1.807, 2.05) is 30.3 Å². The zero-order valence-electron chi connectivity index (χ0n) is 16.3. The minimum atomic E-state index is -4.18. The molecule has 1 amide bonds. The van der Waals surface area contributed by atoms with Crippen molar-refractivity contribution >= 4 is 11.9 Å². The number of alkyl halides is 3. The van der Waals surface area contributed by atoms with E-state index in [9.17, 15) is 18.0 Å². The predicted molar refractivity (Wildman–Crippen MR) is 103 cm³/mol. The van der Waals surface area contributed by atoms with Crippen LogP contribution in [0.25, 0.3) is 0 Å². The number of aliphatic imine (C=N–C) groups is 1. The molecule has 0 bridgehead atoms. The van der Waals surface area contributed by atoms with Gasteiger partial charge in [-0.05, 0) is 12.0 Å². The molecule has 0 aliphatic carbocycles. The van der Waals surface area contributed by atoms with Crippen molar-refractivity contribution in [3.05, 3.63) is 35.9 Å². The maximum atomic E-state index is 12.5. The van der Waals surface area contributed by atoms with Crippen LogP contribution >= 0.6 is 0 Å². The molecule has 1 atom stereocenters. The number of hydrogen-bond acceptors (Lipinski definition) is 3. The number of hydrogen-bond donors (Lipinski definition) is 2. The zero-order valence-corrected chi connectivity index (χ0v) is 16.3. The number of nitrogens with zero attached hydrogens (tertiary/aromatic N) is 3. The van der Waals surface area contributed by atoms with Gasteiger partial charge >= 0.3 is 6.18 Å². The highest BCUT2D eigenvalue weighted by Crippen LogP contribution is 2.19. The third kappa shape index (κ3) is 7.75. The van der Waals surface area contributed by atoms with Gasteiger partial charge in [0.05, 0.1) is 6.54 Å². The fraction of sp³-hybridized carbons (Fsp3) is 0.579. The summed E-state index contributed by atoms with van der Waals surface area (Å²) < 4.78 is 37.4. The van der Waals surface area contributed by atoms with Crippen LogP contribution in [0, 0.1) is 0 Å². The predicted octanol–water partition coefficient (Wildman–Crippen LogP) is 1.84. The first-order valence-electron chi connectivity index (χ1n) is 9.31. The molecular formula is C19H28F3N5O. The average molecular weight is 399 g/mol. The molecule has 1 saturated heterocycles. The van der Waals surface area contributed by atoms with E-state index in [4.69, 9.17) is 0 Å².